The van der Waals surface area contributed by atoms with Crippen LogP contribution in [0, 0.1) is 11.5 Å². The van der Waals surface area contributed by atoms with E-state index in [9.17, 15) is 4.21 Å². The summed E-state index contributed by atoms with van der Waals surface area (Å²) in [6.07, 6.45) is 4.02. The number of benzene rings is 1. The minimum absolute atomic E-state index is 0.202. The number of nitrogens with one attached hydrogen (secondary N) is 1. The maximum atomic E-state index is 12.3. The van der Waals surface area contributed by atoms with Crippen molar-refractivity contribution >= 4 is 25.1 Å². The van der Waals surface area contributed by atoms with Gasteiger partial charge < -0.3 is 0 Å². The summed E-state index contributed by atoms with van der Waals surface area (Å²) in [5.41, 5.74) is 4.47. The summed E-state index contributed by atoms with van der Waals surface area (Å²) in [7, 11) is -2.60. The van der Waals surface area contributed by atoms with Gasteiger partial charge in [-0.15, -0.1) is 5.54 Å². The Hall–Kier alpha value is -1.15. The molecular formula is C18H27NOSSi. The summed E-state index contributed by atoms with van der Waals surface area (Å²) >= 11 is 0. The molecule has 0 aliphatic heterocycles. The van der Waals surface area contributed by atoms with Crippen LogP contribution < -0.4 is 4.72 Å². The highest BCUT2D eigenvalue weighted by atomic mass is 32.2. The molecule has 0 spiro atoms. The molecule has 0 aromatic heterocycles. The Morgan fingerprint density at radius 3 is 2.27 bits per heavy atom. The molecule has 0 amide bonds. The molecule has 0 fully saturated rings. The van der Waals surface area contributed by atoms with Gasteiger partial charge in [0.15, 0.2) is 0 Å². The summed E-state index contributed by atoms with van der Waals surface area (Å²) in [6.45, 7) is 12.5. The average molecular weight is 334 g/mol. The van der Waals surface area contributed by atoms with Crippen molar-refractivity contribution in [1.82, 2.24) is 4.72 Å². The fraction of sp³-hybridized carbons (Fsp3) is 0.444. The topological polar surface area (TPSA) is 29.1 Å². The van der Waals surface area contributed by atoms with E-state index < -0.39 is 19.1 Å². The minimum Gasteiger partial charge on any atom is -0.242 e. The van der Waals surface area contributed by atoms with E-state index in [1.165, 1.54) is 0 Å². The van der Waals surface area contributed by atoms with Gasteiger partial charge >= 0.3 is 0 Å². The monoisotopic (exact) mass is 333 g/mol. The van der Waals surface area contributed by atoms with E-state index in [1.807, 2.05) is 63.3 Å². The van der Waals surface area contributed by atoms with E-state index in [4.69, 9.17) is 0 Å². The van der Waals surface area contributed by atoms with Crippen LogP contribution in [0.2, 0.25) is 19.6 Å². The molecule has 4 heteroatoms. The molecule has 1 rings (SSSR count). The minimum atomic E-state index is -1.46. The molecule has 0 heterocycles. The van der Waals surface area contributed by atoms with Crippen LogP contribution in [0.4, 0.5) is 0 Å². The maximum Gasteiger partial charge on any atom is 0.129 e. The first-order valence-electron chi connectivity index (χ1n) is 7.52. The van der Waals surface area contributed by atoms with Crippen molar-refractivity contribution in [3.05, 3.63) is 42.0 Å². The number of hydrogen-bond donors (Lipinski definition) is 1. The van der Waals surface area contributed by atoms with Gasteiger partial charge in [0, 0.05) is 0 Å². The second-order valence-electron chi connectivity index (χ2n) is 7.27. The second kappa shape index (κ2) is 7.91. The van der Waals surface area contributed by atoms with Crippen LogP contribution in [0.5, 0.6) is 0 Å². The quantitative estimate of drug-likeness (QED) is 0.655. The molecule has 2 atom stereocenters. The third-order valence-corrected chi connectivity index (χ3v) is 5.15. The molecule has 0 aliphatic carbocycles. The Bertz CT molecular complexity index is 585. The number of hydrogen-bond acceptors (Lipinski definition) is 1. The van der Waals surface area contributed by atoms with Crippen LogP contribution in [0.3, 0.4) is 0 Å². The van der Waals surface area contributed by atoms with Gasteiger partial charge in [-0.05, 0) is 26.3 Å². The van der Waals surface area contributed by atoms with Crippen molar-refractivity contribution in [3.63, 3.8) is 0 Å². The van der Waals surface area contributed by atoms with Gasteiger partial charge in [0.25, 0.3) is 0 Å². The SMILES string of the molecule is CC(C)(C)[S@@](=O)N[C@@H](C#C[Si](C)(C)C)/C=C/c1ccccc1. The highest BCUT2D eigenvalue weighted by molar-refractivity contribution is 7.84. The lowest BCUT2D eigenvalue weighted by molar-refractivity contribution is 0.634. The molecule has 0 bridgehead atoms. The van der Waals surface area contributed by atoms with Crippen molar-refractivity contribution < 1.29 is 4.21 Å². The van der Waals surface area contributed by atoms with Crippen LogP contribution >= 0.6 is 0 Å². The summed E-state index contributed by atoms with van der Waals surface area (Å²) in [5, 5.41) is 0. The van der Waals surface area contributed by atoms with E-state index in [2.05, 4.69) is 35.8 Å². The average Bonchev–Trinajstić information content (AvgIpc) is 2.40. The van der Waals surface area contributed by atoms with Crippen molar-refractivity contribution in [2.75, 3.05) is 0 Å². The summed E-state index contributed by atoms with van der Waals surface area (Å²) in [4.78, 5) is 0. The summed E-state index contributed by atoms with van der Waals surface area (Å²) in [5.74, 6) is 3.25. The Morgan fingerprint density at radius 1 is 1.18 bits per heavy atom. The predicted octanol–water partition coefficient (Wildman–Crippen LogP) is 4.00. The fourth-order valence-corrected chi connectivity index (χ4v) is 2.78. The predicted molar refractivity (Wildman–Crippen MR) is 101 cm³/mol. The second-order valence-corrected chi connectivity index (χ2v) is 14.0. The van der Waals surface area contributed by atoms with E-state index in [1.54, 1.807) is 0 Å². The Morgan fingerprint density at radius 2 is 1.77 bits per heavy atom. The van der Waals surface area contributed by atoms with Crippen LogP contribution in [0.1, 0.15) is 26.3 Å². The highest BCUT2D eigenvalue weighted by Crippen LogP contribution is 2.10. The van der Waals surface area contributed by atoms with Gasteiger partial charge in [-0.25, -0.2) is 8.93 Å². The molecule has 1 aromatic rings. The van der Waals surface area contributed by atoms with Crippen LogP contribution in [-0.4, -0.2) is 23.1 Å². The van der Waals surface area contributed by atoms with E-state index in [0.29, 0.717) is 0 Å². The zero-order valence-electron chi connectivity index (χ0n) is 14.4. The standard InChI is InChI=1S/C18H27NOSSi/c1-18(2,3)21(20)19-17(14-15-22(4,5)6)13-12-16-10-8-7-9-11-16/h7-13,17,19H,1-6H3/b13-12+/t17-,21-/m1/s1. The van der Waals surface area contributed by atoms with Gasteiger partial charge in [0.2, 0.25) is 0 Å². The van der Waals surface area contributed by atoms with Gasteiger partial charge in [0.05, 0.1) is 21.8 Å². The largest absolute Gasteiger partial charge is 0.242 e. The van der Waals surface area contributed by atoms with Crippen LogP contribution in [-0.2, 0) is 11.0 Å². The molecule has 0 unspecified atom stereocenters. The van der Waals surface area contributed by atoms with E-state index >= 15 is 0 Å². The van der Waals surface area contributed by atoms with Crippen LogP contribution in [0.15, 0.2) is 36.4 Å². The fourth-order valence-electron chi connectivity index (χ4n) is 1.47. The van der Waals surface area contributed by atoms with Crippen molar-refractivity contribution in [3.8, 4) is 11.5 Å². The zero-order valence-corrected chi connectivity index (χ0v) is 16.3. The summed E-state index contributed by atoms with van der Waals surface area (Å²) in [6, 6.07) is 9.88. The van der Waals surface area contributed by atoms with E-state index in [-0.39, 0.29) is 10.8 Å². The number of rotatable bonds is 4. The van der Waals surface area contributed by atoms with E-state index in [0.717, 1.165) is 5.56 Å². The first kappa shape index (κ1) is 18.9. The lowest BCUT2D eigenvalue weighted by Crippen LogP contribution is -2.38. The molecule has 0 saturated carbocycles. The van der Waals surface area contributed by atoms with Gasteiger partial charge in [-0.2, -0.15) is 0 Å². The Kier molecular flexibility index (Phi) is 6.80. The molecule has 22 heavy (non-hydrogen) atoms. The normalized spacial score (nSPS) is 15.2. The molecule has 0 saturated heterocycles. The first-order valence-corrected chi connectivity index (χ1v) is 12.2. The molecule has 0 radical (unpaired) electrons. The van der Waals surface area contributed by atoms with Gasteiger partial charge in [-0.1, -0.05) is 68.0 Å². The van der Waals surface area contributed by atoms with Crippen molar-refractivity contribution in [2.24, 2.45) is 0 Å². The highest BCUT2D eigenvalue weighted by Gasteiger charge is 2.21. The zero-order chi connectivity index (χ0) is 16.8. The summed E-state index contributed by atoms with van der Waals surface area (Å²) < 4.78 is 15.1. The molecule has 1 aromatic carbocycles. The van der Waals surface area contributed by atoms with Gasteiger partial charge in [-0.3, -0.25) is 0 Å². The molecule has 0 aliphatic rings. The maximum absolute atomic E-state index is 12.3. The first-order chi connectivity index (χ1) is 10.1. The van der Waals surface area contributed by atoms with Crippen LogP contribution in [0.25, 0.3) is 6.08 Å². The molecular weight excluding hydrogens is 306 g/mol. The molecule has 120 valence electrons. The third-order valence-electron chi connectivity index (χ3n) is 2.67. The van der Waals surface area contributed by atoms with Crippen molar-refractivity contribution in [1.29, 1.82) is 0 Å². The third kappa shape index (κ3) is 7.74. The molecule has 1 N–H and O–H groups in total. The smallest absolute Gasteiger partial charge is 0.129 e. The van der Waals surface area contributed by atoms with Gasteiger partial charge in [0.1, 0.15) is 8.07 Å². The lowest BCUT2D eigenvalue weighted by Gasteiger charge is -2.20. The Labute approximate surface area is 139 Å². The van der Waals surface area contributed by atoms with Crippen molar-refractivity contribution in [2.45, 2.75) is 51.2 Å². The molecule has 2 nitrogen and oxygen atoms in total. The Balaban J connectivity index is 2.93. The lowest BCUT2D eigenvalue weighted by atomic mass is 10.2.